The highest BCUT2D eigenvalue weighted by Crippen LogP contribution is 2.26. The van der Waals surface area contributed by atoms with E-state index in [1.54, 1.807) is 0 Å². The zero-order chi connectivity index (χ0) is 15.1. The van der Waals surface area contributed by atoms with Gasteiger partial charge in [-0.3, -0.25) is 9.69 Å². The number of imidazole rings is 1. The van der Waals surface area contributed by atoms with Crippen molar-refractivity contribution in [3.63, 3.8) is 0 Å². The Morgan fingerprint density at radius 1 is 1.38 bits per heavy atom. The molecule has 2 rings (SSSR count). The van der Waals surface area contributed by atoms with Gasteiger partial charge in [-0.15, -0.1) is 0 Å². The number of likely N-dealkylation sites (N-methyl/N-ethyl adjacent to an activating group) is 1. The minimum atomic E-state index is 0.139. The lowest BCUT2D eigenvalue weighted by Crippen LogP contribution is -2.41. The molecule has 1 amide bonds. The third kappa shape index (κ3) is 4.56. The molecule has 0 atom stereocenters. The van der Waals surface area contributed by atoms with Gasteiger partial charge < -0.3 is 9.88 Å². The topological polar surface area (TPSA) is 50.2 Å². The predicted octanol–water partition coefficient (Wildman–Crippen LogP) is 2.00. The van der Waals surface area contributed by atoms with Crippen molar-refractivity contribution in [2.45, 2.75) is 52.0 Å². The summed E-state index contributed by atoms with van der Waals surface area (Å²) < 4.78 is 2.31. The summed E-state index contributed by atoms with van der Waals surface area (Å²) in [6, 6.07) is 0. The standard InChI is InChI=1S/C16H28N4O/c1-3-5-9-20-12-8-18-16(20)14-6-10-19(11-7-14)13-15(21)17-4-2/h8,12,14H,3-7,9-11,13H2,1-2H3,(H,17,21). The van der Waals surface area contributed by atoms with Crippen molar-refractivity contribution in [3.05, 3.63) is 18.2 Å². The highest BCUT2D eigenvalue weighted by molar-refractivity contribution is 5.77. The molecule has 1 N–H and O–H groups in total. The summed E-state index contributed by atoms with van der Waals surface area (Å²) in [5.41, 5.74) is 0. The first kappa shape index (κ1) is 16.0. The lowest BCUT2D eigenvalue weighted by Gasteiger charge is -2.31. The van der Waals surface area contributed by atoms with Crippen molar-refractivity contribution >= 4 is 5.91 Å². The fraction of sp³-hybridized carbons (Fsp3) is 0.750. The van der Waals surface area contributed by atoms with Crippen LogP contribution in [0.4, 0.5) is 0 Å². The molecular formula is C16H28N4O. The molecule has 21 heavy (non-hydrogen) atoms. The second-order valence-electron chi connectivity index (χ2n) is 5.84. The molecule has 1 saturated heterocycles. The molecule has 0 spiro atoms. The molecule has 5 heteroatoms. The average Bonchev–Trinajstić information content (AvgIpc) is 2.94. The van der Waals surface area contributed by atoms with Crippen molar-refractivity contribution in [2.24, 2.45) is 0 Å². The molecular weight excluding hydrogens is 264 g/mol. The molecule has 0 aliphatic carbocycles. The molecule has 0 bridgehead atoms. The number of carbonyl (C=O) groups is 1. The molecule has 1 aromatic rings. The summed E-state index contributed by atoms with van der Waals surface area (Å²) in [6.45, 7) is 8.47. The summed E-state index contributed by atoms with van der Waals surface area (Å²) in [5.74, 6) is 1.92. The maximum atomic E-state index is 11.6. The SMILES string of the molecule is CCCCn1ccnc1C1CCN(CC(=O)NCC)CC1. The van der Waals surface area contributed by atoms with Crippen molar-refractivity contribution in [1.29, 1.82) is 0 Å². The monoisotopic (exact) mass is 292 g/mol. The van der Waals surface area contributed by atoms with Crippen LogP contribution in [0.1, 0.15) is 51.3 Å². The van der Waals surface area contributed by atoms with Crippen LogP contribution in [0.3, 0.4) is 0 Å². The molecule has 0 radical (unpaired) electrons. The summed E-state index contributed by atoms with van der Waals surface area (Å²) >= 11 is 0. The maximum Gasteiger partial charge on any atom is 0.234 e. The summed E-state index contributed by atoms with van der Waals surface area (Å²) in [4.78, 5) is 18.4. The Bertz CT molecular complexity index is 435. The highest BCUT2D eigenvalue weighted by atomic mass is 16.2. The van der Waals surface area contributed by atoms with Crippen LogP contribution in [-0.2, 0) is 11.3 Å². The van der Waals surface area contributed by atoms with Crippen molar-refractivity contribution in [1.82, 2.24) is 19.8 Å². The third-order valence-corrected chi connectivity index (χ3v) is 4.19. The average molecular weight is 292 g/mol. The van der Waals surface area contributed by atoms with Gasteiger partial charge in [-0.2, -0.15) is 0 Å². The molecule has 5 nitrogen and oxygen atoms in total. The molecule has 1 aliphatic heterocycles. The van der Waals surface area contributed by atoms with Crippen LogP contribution in [0, 0.1) is 0 Å². The number of rotatable bonds is 7. The Kier molecular flexibility index (Phi) is 6.23. The molecule has 0 saturated carbocycles. The van der Waals surface area contributed by atoms with Crippen LogP contribution >= 0.6 is 0 Å². The maximum absolute atomic E-state index is 11.6. The van der Waals surface area contributed by atoms with E-state index in [4.69, 9.17) is 0 Å². The van der Waals surface area contributed by atoms with Crippen LogP contribution in [0.15, 0.2) is 12.4 Å². The molecule has 1 aliphatic rings. The number of likely N-dealkylation sites (tertiary alicyclic amines) is 1. The number of carbonyl (C=O) groups excluding carboxylic acids is 1. The van der Waals surface area contributed by atoms with Gasteiger partial charge in [0.25, 0.3) is 0 Å². The lowest BCUT2D eigenvalue weighted by molar-refractivity contribution is -0.122. The predicted molar refractivity (Wildman–Crippen MR) is 84.2 cm³/mol. The zero-order valence-electron chi connectivity index (χ0n) is 13.3. The Hall–Kier alpha value is -1.36. The Morgan fingerprint density at radius 2 is 2.14 bits per heavy atom. The van der Waals surface area contributed by atoms with E-state index >= 15 is 0 Å². The highest BCUT2D eigenvalue weighted by Gasteiger charge is 2.24. The molecule has 1 fully saturated rings. The normalized spacial score (nSPS) is 17.0. The van der Waals surface area contributed by atoms with Crippen molar-refractivity contribution in [2.75, 3.05) is 26.2 Å². The van der Waals surface area contributed by atoms with Gasteiger partial charge in [0.2, 0.25) is 5.91 Å². The van der Waals surface area contributed by atoms with Gasteiger partial charge in [0, 0.05) is 31.4 Å². The van der Waals surface area contributed by atoms with Gasteiger partial charge in [-0.25, -0.2) is 4.98 Å². The fourth-order valence-corrected chi connectivity index (χ4v) is 3.00. The fourth-order valence-electron chi connectivity index (χ4n) is 3.00. The van der Waals surface area contributed by atoms with E-state index < -0.39 is 0 Å². The van der Waals surface area contributed by atoms with Crippen LogP contribution in [-0.4, -0.2) is 46.5 Å². The summed E-state index contributed by atoms with van der Waals surface area (Å²) in [7, 11) is 0. The Balaban J connectivity index is 1.83. The lowest BCUT2D eigenvalue weighted by atomic mass is 9.96. The number of piperidine rings is 1. The number of hydrogen-bond acceptors (Lipinski definition) is 3. The molecule has 0 aromatic carbocycles. The number of amides is 1. The minimum absolute atomic E-state index is 0.139. The summed E-state index contributed by atoms with van der Waals surface area (Å²) in [5, 5.41) is 2.87. The van der Waals surface area contributed by atoms with E-state index in [0.717, 1.165) is 32.5 Å². The van der Waals surface area contributed by atoms with Crippen LogP contribution < -0.4 is 5.32 Å². The van der Waals surface area contributed by atoms with Gasteiger partial charge >= 0.3 is 0 Å². The molecule has 2 heterocycles. The van der Waals surface area contributed by atoms with Crippen LogP contribution in [0.2, 0.25) is 0 Å². The number of unbranched alkanes of at least 4 members (excludes halogenated alkanes) is 1. The first-order valence-electron chi connectivity index (χ1n) is 8.24. The Morgan fingerprint density at radius 3 is 2.81 bits per heavy atom. The van der Waals surface area contributed by atoms with Crippen molar-refractivity contribution < 1.29 is 4.79 Å². The van der Waals surface area contributed by atoms with Crippen molar-refractivity contribution in [3.8, 4) is 0 Å². The first-order valence-corrected chi connectivity index (χ1v) is 8.24. The van der Waals surface area contributed by atoms with Gasteiger partial charge in [-0.1, -0.05) is 13.3 Å². The van der Waals surface area contributed by atoms with Crippen LogP contribution in [0.25, 0.3) is 0 Å². The number of aromatic nitrogens is 2. The minimum Gasteiger partial charge on any atom is -0.355 e. The second-order valence-corrected chi connectivity index (χ2v) is 5.84. The van der Waals surface area contributed by atoms with E-state index in [-0.39, 0.29) is 5.91 Å². The number of nitrogens with zero attached hydrogens (tertiary/aromatic N) is 3. The number of hydrogen-bond donors (Lipinski definition) is 1. The van der Waals surface area contributed by atoms with Gasteiger partial charge in [0.05, 0.1) is 6.54 Å². The number of aryl methyl sites for hydroxylation is 1. The van der Waals surface area contributed by atoms with Gasteiger partial charge in [0.1, 0.15) is 5.82 Å². The van der Waals surface area contributed by atoms with E-state index in [0.29, 0.717) is 19.0 Å². The quantitative estimate of drug-likeness (QED) is 0.836. The molecule has 0 unspecified atom stereocenters. The molecule has 1 aromatic heterocycles. The first-order chi connectivity index (χ1) is 10.2. The van der Waals surface area contributed by atoms with E-state index in [1.807, 2.05) is 13.1 Å². The smallest absolute Gasteiger partial charge is 0.234 e. The van der Waals surface area contributed by atoms with Gasteiger partial charge in [0.15, 0.2) is 0 Å². The molecule has 118 valence electrons. The van der Waals surface area contributed by atoms with Crippen LogP contribution in [0.5, 0.6) is 0 Å². The van der Waals surface area contributed by atoms with Gasteiger partial charge in [-0.05, 0) is 39.3 Å². The van der Waals surface area contributed by atoms with E-state index in [1.165, 1.54) is 18.7 Å². The second kappa shape index (κ2) is 8.17. The Labute approximate surface area is 127 Å². The zero-order valence-corrected chi connectivity index (χ0v) is 13.3. The third-order valence-electron chi connectivity index (χ3n) is 4.19. The summed E-state index contributed by atoms with van der Waals surface area (Å²) in [6.07, 6.45) is 8.64. The largest absolute Gasteiger partial charge is 0.355 e. The van der Waals surface area contributed by atoms with E-state index in [9.17, 15) is 4.79 Å². The number of nitrogens with one attached hydrogen (secondary N) is 1. The van der Waals surface area contributed by atoms with E-state index in [2.05, 4.69) is 32.9 Å².